The average molecular weight is 381 g/mol. The summed E-state index contributed by atoms with van der Waals surface area (Å²) in [6, 6.07) is 7.47. The maximum Gasteiger partial charge on any atom is 0.227 e. The number of hydrogen-bond acceptors (Lipinski definition) is 3. The zero-order chi connectivity index (χ0) is 16.9. The van der Waals surface area contributed by atoms with Gasteiger partial charge in [-0.1, -0.05) is 35.0 Å². The molecule has 1 aliphatic heterocycles. The molecule has 23 heavy (non-hydrogen) atoms. The second kappa shape index (κ2) is 8.06. The molecule has 1 aliphatic rings. The lowest BCUT2D eigenvalue weighted by atomic mass is 9.88. The van der Waals surface area contributed by atoms with Gasteiger partial charge < -0.3 is 10.2 Å². The van der Waals surface area contributed by atoms with E-state index in [-0.39, 0.29) is 17.1 Å². The topological polar surface area (TPSA) is 49.4 Å². The molecule has 1 fully saturated rings. The first-order chi connectivity index (χ1) is 10.9. The summed E-state index contributed by atoms with van der Waals surface area (Å²) in [4.78, 5) is 26.7. The third-order valence-corrected chi connectivity index (χ3v) is 4.99. The molecule has 2 rings (SSSR count). The number of hydrogen-bond donors (Lipinski definition) is 1. The molecule has 126 valence electrons. The summed E-state index contributed by atoms with van der Waals surface area (Å²) in [5.41, 5.74) is 0.423. The normalized spacial score (nSPS) is 21.3. The molecule has 1 aromatic carbocycles. The van der Waals surface area contributed by atoms with Crippen LogP contribution in [0.15, 0.2) is 28.7 Å². The van der Waals surface area contributed by atoms with Crippen LogP contribution in [0.3, 0.4) is 0 Å². The molecule has 1 aromatic rings. The number of ketones is 1. The number of halogens is 1. The van der Waals surface area contributed by atoms with E-state index < -0.39 is 0 Å². The van der Waals surface area contributed by atoms with Gasteiger partial charge in [-0.3, -0.25) is 9.59 Å². The van der Waals surface area contributed by atoms with Gasteiger partial charge in [0.05, 0.1) is 5.41 Å². The number of benzene rings is 1. The fourth-order valence-corrected chi connectivity index (χ4v) is 3.19. The first-order valence-electron chi connectivity index (χ1n) is 8.24. The molecule has 0 bridgehead atoms. The fraction of sp³-hybridized carbons (Fsp3) is 0.556. The Balaban J connectivity index is 1.82. The molecule has 1 N–H and O–H groups in total. The van der Waals surface area contributed by atoms with Crippen LogP contribution in [-0.2, 0) is 4.79 Å². The van der Waals surface area contributed by atoms with Crippen LogP contribution in [0, 0.1) is 5.41 Å². The smallest absolute Gasteiger partial charge is 0.227 e. The lowest BCUT2D eigenvalue weighted by Gasteiger charge is -2.23. The third-order valence-electron chi connectivity index (χ3n) is 4.46. The minimum absolute atomic E-state index is 0.140. The van der Waals surface area contributed by atoms with Gasteiger partial charge in [0, 0.05) is 36.1 Å². The highest BCUT2D eigenvalue weighted by molar-refractivity contribution is 9.10. The molecule has 0 aromatic heterocycles. The second-order valence-electron chi connectivity index (χ2n) is 6.52. The van der Waals surface area contributed by atoms with E-state index in [0.717, 1.165) is 42.5 Å². The van der Waals surface area contributed by atoms with Gasteiger partial charge in [-0.15, -0.1) is 0 Å². The van der Waals surface area contributed by atoms with Gasteiger partial charge in [0.25, 0.3) is 0 Å². The van der Waals surface area contributed by atoms with Crippen molar-refractivity contribution >= 4 is 27.6 Å². The third kappa shape index (κ3) is 4.88. The van der Waals surface area contributed by atoms with E-state index in [1.54, 1.807) is 0 Å². The summed E-state index contributed by atoms with van der Waals surface area (Å²) >= 11 is 3.37. The van der Waals surface area contributed by atoms with Crippen LogP contribution in [-0.4, -0.2) is 42.8 Å². The Bertz CT molecular complexity index is 559. The minimum atomic E-state index is -0.324. The Hall–Kier alpha value is -1.20. The second-order valence-corrected chi connectivity index (χ2v) is 7.44. The van der Waals surface area contributed by atoms with Crippen molar-refractivity contribution in [3.8, 4) is 0 Å². The quantitative estimate of drug-likeness (QED) is 0.738. The Morgan fingerprint density at radius 2 is 2.00 bits per heavy atom. The maximum atomic E-state index is 12.3. The van der Waals surface area contributed by atoms with Crippen molar-refractivity contribution in [3.05, 3.63) is 34.3 Å². The molecule has 1 amide bonds. The summed E-state index contributed by atoms with van der Waals surface area (Å²) in [6.07, 6.45) is 2.30. The van der Waals surface area contributed by atoms with Crippen molar-refractivity contribution in [3.63, 3.8) is 0 Å². The van der Waals surface area contributed by atoms with Gasteiger partial charge >= 0.3 is 0 Å². The molecule has 1 heterocycles. The molecular weight excluding hydrogens is 356 g/mol. The summed E-state index contributed by atoms with van der Waals surface area (Å²) in [6.45, 7) is 7.13. The predicted molar refractivity (Wildman–Crippen MR) is 95.6 cm³/mol. The van der Waals surface area contributed by atoms with E-state index in [2.05, 4.69) is 33.1 Å². The average Bonchev–Trinajstić information content (AvgIpc) is 2.93. The fourth-order valence-electron chi connectivity index (χ4n) is 2.92. The first kappa shape index (κ1) is 18.1. The number of carbonyl (C=O) groups excluding carboxylic acids is 2. The lowest BCUT2D eigenvalue weighted by molar-refractivity contribution is -0.129. The molecule has 1 unspecified atom stereocenters. The number of carbonyl (C=O) groups is 2. The van der Waals surface area contributed by atoms with Gasteiger partial charge in [0.1, 0.15) is 0 Å². The van der Waals surface area contributed by atoms with Crippen LogP contribution in [0.5, 0.6) is 0 Å². The number of likely N-dealkylation sites (tertiary alicyclic amines) is 1. The molecule has 0 spiro atoms. The highest BCUT2D eigenvalue weighted by Gasteiger charge is 2.39. The largest absolute Gasteiger partial charge is 0.356 e. The molecule has 0 aliphatic carbocycles. The number of Topliss-reactive ketones (excluding diaryl/α,β-unsaturated/α-hetero) is 1. The monoisotopic (exact) mass is 380 g/mol. The highest BCUT2D eigenvalue weighted by atomic mass is 79.9. The molecule has 1 saturated heterocycles. The van der Waals surface area contributed by atoms with Crippen molar-refractivity contribution in [2.24, 2.45) is 5.41 Å². The van der Waals surface area contributed by atoms with E-state index in [9.17, 15) is 9.59 Å². The van der Waals surface area contributed by atoms with Crippen LogP contribution in [0.25, 0.3) is 0 Å². The predicted octanol–water partition coefficient (Wildman–Crippen LogP) is 3.26. The zero-order valence-corrected chi connectivity index (χ0v) is 15.5. The Kier molecular flexibility index (Phi) is 6.36. The van der Waals surface area contributed by atoms with E-state index in [0.29, 0.717) is 13.0 Å². The Labute approximate surface area is 146 Å². The van der Waals surface area contributed by atoms with Gasteiger partial charge in [-0.2, -0.15) is 0 Å². The number of rotatable bonds is 7. The van der Waals surface area contributed by atoms with Crippen LogP contribution in [0.4, 0.5) is 0 Å². The van der Waals surface area contributed by atoms with Crippen LogP contribution in [0.2, 0.25) is 0 Å². The van der Waals surface area contributed by atoms with Gasteiger partial charge in [-0.25, -0.2) is 0 Å². The van der Waals surface area contributed by atoms with Crippen molar-refractivity contribution in [1.29, 1.82) is 0 Å². The van der Waals surface area contributed by atoms with Crippen LogP contribution < -0.4 is 5.32 Å². The summed E-state index contributed by atoms with van der Waals surface area (Å²) in [5, 5.41) is 2.99. The number of nitrogens with one attached hydrogen (secondary N) is 1. The van der Waals surface area contributed by atoms with Crippen molar-refractivity contribution < 1.29 is 9.59 Å². The summed E-state index contributed by atoms with van der Waals surface area (Å²) < 4.78 is 0.974. The van der Waals surface area contributed by atoms with E-state index in [1.165, 1.54) is 0 Å². The SMILES string of the molecule is CCCNC(=O)C1(C)CCN(CCC(=O)c2ccc(Br)cc2)C1. The maximum absolute atomic E-state index is 12.3. The standard InChI is InChI=1S/C18H25BrN2O2/c1-3-10-20-17(23)18(2)9-12-21(13-18)11-8-16(22)14-4-6-15(19)7-5-14/h4-7H,3,8-13H2,1-2H3,(H,20,23). The Morgan fingerprint density at radius 1 is 1.30 bits per heavy atom. The molecule has 5 heteroatoms. The van der Waals surface area contributed by atoms with Crippen molar-refractivity contribution in [2.75, 3.05) is 26.2 Å². The zero-order valence-electron chi connectivity index (χ0n) is 13.9. The van der Waals surface area contributed by atoms with Crippen LogP contribution >= 0.6 is 15.9 Å². The summed E-state index contributed by atoms with van der Waals surface area (Å²) in [7, 11) is 0. The molecule has 0 radical (unpaired) electrons. The summed E-state index contributed by atoms with van der Waals surface area (Å²) in [5.74, 6) is 0.294. The highest BCUT2D eigenvalue weighted by Crippen LogP contribution is 2.30. The number of nitrogens with zero attached hydrogens (tertiary/aromatic N) is 1. The molecular formula is C18H25BrN2O2. The van der Waals surface area contributed by atoms with Crippen molar-refractivity contribution in [1.82, 2.24) is 10.2 Å². The minimum Gasteiger partial charge on any atom is -0.356 e. The Morgan fingerprint density at radius 3 is 2.65 bits per heavy atom. The number of amides is 1. The van der Waals surface area contributed by atoms with E-state index in [1.807, 2.05) is 31.2 Å². The van der Waals surface area contributed by atoms with E-state index >= 15 is 0 Å². The van der Waals surface area contributed by atoms with Gasteiger partial charge in [0.15, 0.2) is 5.78 Å². The van der Waals surface area contributed by atoms with Gasteiger partial charge in [-0.05, 0) is 38.4 Å². The lowest BCUT2D eigenvalue weighted by Crippen LogP contribution is -2.41. The molecule has 4 nitrogen and oxygen atoms in total. The van der Waals surface area contributed by atoms with Crippen molar-refractivity contribution in [2.45, 2.75) is 33.1 Å². The van der Waals surface area contributed by atoms with Crippen LogP contribution in [0.1, 0.15) is 43.5 Å². The molecule has 0 saturated carbocycles. The molecule has 1 atom stereocenters. The first-order valence-corrected chi connectivity index (χ1v) is 9.03. The van der Waals surface area contributed by atoms with E-state index in [4.69, 9.17) is 0 Å². The van der Waals surface area contributed by atoms with Gasteiger partial charge in [0.2, 0.25) is 5.91 Å².